The summed E-state index contributed by atoms with van der Waals surface area (Å²) in [5.74, 6) is 1.49. The molecule has 0 unspecified atom stereocenters. The average molecular weight is 351 g/mol. The van der Waals surface area contributed by atoms with Crippen LogP contribution in [0.5, 0.6) is 11.5 Å². The van der Waals surface area contributed by atoms with Crippen molar-refractivity contribution in [1.82, 2.24) is 14.5 Å². The van der Waals surface area contributed by atoms with Crippen molar-refractivity contribution in [1.29, 1.82) is 0 Å². The zero-order chi connectivity index (χ0) is 18.4. The molecule has 26 heavy (non-hydrogen) atoms. The summed E-state index contributed by atoms with van der Waals surface area (Å²) in [5.41, 5.74) is 1.60. The van der Waals surface area contributed by atoms with Gasteiger partial charge in [0.25, 0.3) is 5.91 Å². The van der Waals surface area contributed by atoms with Gasteiger partial charge in [-0.05, 0) is 48.5 Å². The first-order valence-corrected chi connectivity index (χ1v) is 8.28. The van der Waals surface area contributed by atoms with Crippen LogP contribution in [0.25, 0.3) is 5.69 Å². The van der Waals surface area contributed by atoms with Crippen molar-refractivity contribution in [2.45, 2.75) is 0 Å². The number of imidazole rings is 1. The minimum atomic E-state index is -0.0412. The number of rotatable bonds is 7. The highest BCUT2D eigenvalue weighted by Crippen LogP contribution is 2.17. The maximum absolute atomic E-state index is 12.5. The normalized spacial score (nSPS) is 10.4. The van der Waals surface area contributed by atoms with Crippen LogP contribution in [-0.4, -0.2) is 47.7 Å². The lowest BCUT2D eigenvalue weighted by molar-refractivity contribution is 0.0774. The maximum atomic E-state index is 12.5. The van der Waals surface area contributed by atoms with Gasteiger partial charge < -0.3 is 18.9 Å². The molecule has 6 heteroatoms. The number of hydrogen-bond acceptors (Lipinski definition) is 4. The van der Waals surface area contributed by atoms with Gasteiger partial charge >= 0.3 is 0 Å². The predicted molar refractivity (Wildman–Crippen MR) is 99.0 cm³/mol. The standard InChI is InChI=1S/C20H21N3O3/c1-22(13-14-26-19-9-7-18(25-2)8-10-19)20(24)16-3-5-17(6-4-16)23-12-11-21-15-23/h3-12,15H,13-14H2,1-2H3. The Labute approximate surface area is 152 Å². The number of amides is 1. The second-order valence-corrected chi connectivity index (χ2v) is 5.77. The minimum Gasteiger partial charge on any atom is -0.497 e. The third kappa shape index (κ3) is 4.22. The summed E-state index contributed by atoms with van der Waals surface area (Å²) in [7, 11) is 3.39. The van der Waals surface area contributed by atoms with E-state index in [0.29, 0.717) is 18.7 Å². The lowest BCUT2D eigenvalue weighted by atomic mass is 10.2. The van der Waals surface area contributed by atoms with E-state index in [9.17, 15) is 4.79 Å². The van der Waals surface area contributed by atoms with E-state index in [1.165, 1.54) is 0 Å². The van der Waals surface area contributed by atoms with Crippen LogP contribution in [0.4, 0.5) is 0 Å². The number of ether oxygens (including phenoxy) is 2. The van der Waals surface area contributed by atoms with Crippen molar-refractivity contribution >= 4 is 5.91 Å². The Morgan fingerprint density at radius 1 is 1.08 bits per heavy atom. The molecule has 0 saturated heterocycles. The zero-order valence-corrected chi connectivity index (χ0v) is 14.8. The molecule has 0 spiro atoms. The number of aromatic nitrogens is 2. The summed E-state index contributed by atoms with van der Waals surface area (Å²) in [6, 6.07) is 14.8. The van der Waals surface area contributed by atoms with Gasteiger partial charge in [0.2, 0.25) is 0 Å². The zero-order valence-electron chi connectivity index (χ0n) is 14.8. The van der Waals surface area contributed by atoms with Crippen LogP contribution >= 0.6 is 0 Å². The van der Waals surface area contributed by atoms with Crippen molar-refractivity contribution in [3.05, 3.63) is 72.8 Å². The van der Waals surface area contributed by atoms with Crippen LogP contribution in [0.2, 0.25) is 0 Å². The molecule has 0 saturated carbocycles. The molecule has 1 amide bonds. The first-order chi connectivity index (χ1) is 12.7. The largest absolute Gasteiger partial charge is 0.497 e. The van der Waals surface area contributed by atoms with Gasteiger partial charge in [0.1, 0.15) is 18.1 Å². The van der Waals surface area contributed by atoms with E-state index in [0.717, 1.165) is 17.2 Å². The molecule has 0 radical (unpaired) electrons. The van der Waals surface area contributed by atoms with Crippen molar-refractivity contribution in [3.63, 3.8) is 0 Å². The van der Waals surface area contributed by atoms with Crippen LogP contribution in [-0.2, 0) is 0 Å². The first kappa shape index (κ1) is 17.5. The molecular formula is C20H21N3O3. The smallest absolute Gasteiger partial charge is 0.253 e. The lowest BCUT2D eigenvalue weighted by Gasteiger charge is -2.18. The second kappa shape index (κ2) is 8.20. The van der Waals surface area contributed by atoms with Crippen LogP contribution in [0.1, 0.15) is 10.4 Å². The van der Waals surface area contributed by atoms with Gasteiger partial charge in [0.15, 0.2) is 0 Å². The Balaban J connectivity index is 1.52. The highest BCUT2D eigenvalue weighted by Gasteiger charge is 2.11. The number of carbonyl (C=O) groups excluding carboxylic acids is 1. The SMILES string of the molecule is COc1ccc(OCCN(C)C(=O)c2ccc(-n3ccnc3)cc2)cc1. The number of nitrogens with zero attached hydrogens (tertiary/aromatic N) is 3. The molecule has 0 aliphatic heterocycles. The summed E-state index contributed by atoms with van der Waals surface area (Å²) < 4.78 is 12.7. The maximum Gasteiger partial charge on any atom is 0.253 e. The minimum absolute atomic E-state index is 0.0412. The molecular weight excluding hydrogens is 330 g/mol. The van der Waals surface area contributed by atoms with E-state index in [1.807, 2.05) is 59.3 Å². The number of hydrogen-bond donors (Lipinski definition) is 0. The van der Waals surface area contributed by atoms with Gasteiger partial charge in [-0.25, -0.2) is 4.98 Å². The summed E-state index contributed by atoms with van der Waals surface area (Å²) in [4.78, 5) is 18.2. The molecule has 0 aliphatic carbocycles. The van der Waals surface area contributed by atoms with Gasteiger partial charge in [0, 0.05) is 30.7 Å². The van der Waals surface area contributed by atoms with E-state index in [2.05, 4.69) is 4.98 Å². The summed E-state index contributed by atoms with van der Waals surface area (Å²) >= 11 is 0. The van der Waals surface area contributed by atoms with Crippen molar-refractivity contribution in [2.24, 2.45) is 0 Å². The molecule has 1 heterocycles. The molecule has 2 aromatic carbocycles. The molecule has 6 nitrogen and oxygen atoms in total. The Hall–Kier alpha value is -3.28. The van der Waals surface area contributed by atoms with Gasteiger partial charge in [-0.15, -0.1) is 0 Å². The molecule has 0 N–H and O–H groups in total. The van der Waals surface area contributed by atoms with Gasteiger partial charge in [-0.1, -0.05) is 0 Å². The van der Waals surface area contributed by atoms with E-state index in [4.69, 9.17) is 9.47 Å². The van der Waals surface area contributed by atoms with Gasteiger partial charge in [-0.3, -0.25) is 4.79 Å². The predicted octanol–water partition coefficient (Wildman–Crippen LogP) is 3.03. The van der Waals surface area contributed by atoms with Gasteiger partial charge in [0.05, 0.1) is 20.0 Å². The molecule has 134 valence electrons. The molecule has 0 atom stereocenters. The highest BCUT2D eigenvalue weighted by atomic mass is 16.5. The highest BCUT2D eigenvalue weighted by molar-refractivity contribution is 5.94. The third-order valence-electron chi connectivity index (χ3n) is 4.02. The number of likely N-dealkylation sites (N-methyl/N-ethyl adjacent to an activating group) is 1. The number of carbonyl (C=O) groups is 1. The summed E-state index contributed by atoms with van der Waals surface area (Å²) in [6.45, 7) is 0.913. The molecule has 1 aromatic heterocycles. The van der Waals surface area contributed by atoms with E-state index < -0.39 is 0 Å². The average Bonchev–Trinajstić information content (AvgIpc) is 3.23. The Kier molecular flexibility index (Phi) is 5.53. The fourth-order valence-electron chi connectivity index (χ4n) is 2.48. The second-order valence-electron chi connectivity index (χ2n) is 5.77. The van der Waals surface area contributed by atoms with Crippen LogP contribution in [0, 0.1) is 0 Å². The fourth-order valence-corrected chi connectivity index (χ4v) is 2.48. The quantitative estimate of drug-likeness (QED) is 0.657. The van der Waals surface area contributed by atoms with Gasteiger partial charge in [-0.2, -0.15) is 0 Å². The number of methoxy groups -OCH3 is 1. The Bertz CT molecular complexity index is 828. The van der Waals surface area contributed by atoms with Crippen LogP contribution in [0.3, 0.4) is 0 Å². The topological polar surface area (TPSA) is 56.6 Å². The molecule has 0 aliphatic rings. The van der Waals surface area contributed by atoms with E-state index in [-0.39, 0.29) is 5.91 Å². The van der Waals surface area contributed by atoms with E-state index in [1.54, 1.807) is 31.6 Å². The molecule has 0 fully saturated rings. The molecule has 3 aromatic rings. The third-order valence-corrected chi connectivity index (χ3v) is 4.02. The Morgan fingerprint density at radius 2 is 1.77 bits per heavy atom. The number of benzene rings is 2. The van der Waals surface area contributed by atoms with Crippen molar-refractivity contribution in [3.8, 4) is 17.2 Å². The van der Waals surface area contributed by atoms with Crippen LogP contribution in [0.15, 0.2) is 67.3 Å². The van der Waals surface area contributed by atoms with Crippen molar-refractivity contribution in [2.75, 3.05) is 27.3 Å². The molecule has 3 rings (SSSR count). The van der Waals surface area contributed by atoms with E-state index >= 15 is 0 Å². The van der Waals surface area contributed by atoms with Crippen LogP contribution < -0.4 is 9.47 Å². The fraction of sp³-hybridized carbons (Fsp3) is 0.200. The molecule has 0 bridgehead atoms. The monoisotopic (exact) mass is 351 g/mol. The Morgan fingerprint density at radius 3 is 2.38 bits per heavy atom. The van der Waals surface area contributed by atoms with Crippen molar-refractivity contribution < 1.29 is 14.3 Å². The summed E-state index contributed by atoms with van der Waals surface area (Å²) in [6.07, 6.45) is 5.30. The first-order valence-electron chi connectivity index (χ1n) is 8.28. The lowest BCUT2D eigenvalue weighted by Crippen LogP contribution is -2.30. The summed E-state index contributed by atoms with van der Waals surface area (Å²) in [5, 5.41) is 0.